The van der Waals surface area contributed by atoms with E-state index < -0.39 is 17.2 Å². The Bertz CT molecular complexity index is 2210. The summed E-state index contributed by atoms with van der Waals surface area (Å²) in [6.45, 7) is 10.7. The number of fused-ring (bicyclic) bond motifs is 1. The fourth-order valence-corrected chi connectivity index (χ4v) is 7.70. The summed E-state index contributed by atoms with van der Waals surface area (Å²) < 4.78 is 33.0. The number of unbranched alkanes of at least 4 members (excludes halogenated alkanes) is 7. The van der Waals surface area contributed by atoms with Crippen LogP contribution < -0.4 is 19.0 Å². The molecule has 2 atom stereocenters. The van der Waals surface area contributed by atoms with E-state index in [-0.39, 0.29) is 5.91 Å². The SMILES string of the molecule is CCCCCCCCCCC(Oc1ccc(S(=O)Oc2ccc(OCc3ccccc3)cc2)cc1)C(=O)Nc1c(C)cc(C)c(-c2nnc3cc(C)[nH]n23)c1C. The Kier molecular flexibility index (Phi) is 14.0. The van der Waals surface area contributed by atoms with Gasteiger partial charge in [-0.15, -0.1) is 10.2 Å². The van der Waals surface area contributed by atoms with Crippen LogP contribution in [-0.2, 0) is 22.5 Å². The van der Waals surface area contributed by atoms with E-state index in [1.54, 1.807) is 48.5 Å². The molecule has 56 heavy (non-hydrogen) atoms. The van der Waals surface area contributed by atoms with Crippen LogP contribution in [0.15, 0.2) is 95.9 Å². The fourth-order valence-electron chi connectivity index (χ4n) is 6.96. The molecule has 1 amide bonds. The van der Waals surface area contributed by atoms with E-state index in [0.29, 0.717) is 41.0 Å². The molecule has 0 fully saturated rings. The molecule has 0 radical (unpaired) electrons. The van der Waals surface area contributed by atoms with Crippen LogP contribution in [0.5, 0.6) is 17.2 Å². The third-order valence-electron chi connectivity index (χ3n) is 9.92. The minimum Gasteiger partial charge on any atom is -0.489 e. The third kappa shape index (κ3) is 10.5. The van der Waals surface area contributed by atoms with Crippen LogP contribution in [0.3, 0.4) is 0 Å². The molecule has 0 aliphatic rings. The first-order valence-corrected chi connectivity index (χ1v) is 20.7. The molecule has 2 unspecified atom stereocenters. The lowest BCUT2D eigenvalue weighted by Crippen LogP contribution is -2.33. The van der Waals surface area contributed by atoms with Gasteiger partial charge in [0.25, 0.3) is 5.91 Å². The lowest BCUT2D eigenvalue weighted by atomic mass is 9.96. The molecular formula is C45H53N5O5S. The van der Waals surface area contributed by atoms with Gasteiger partial charge in [0.2, 0.25) is 11.1 Å². The van der Waals surface area contributed by atoms with Crippen molar-refractivity contribution in [2.24, 2.45) is 0 Å². The Morgan fingerprint density at radius 3 is 2.16 bits per heavy atom. The number of nitrogens with one attached hydrogen (secondary N) is 2. The third-order valence-corrected chi connectivity index (χ3v) is 10.9. The van der Waals surface area contributed by atoms with Gasteiger partial charge in [-0.3, -0.25) is 9.89 Å². The van der Waals surface area contributed by atoms with Gasteiger partial charge in [-0.1, -0.05) is 88.3 Å². The summed E-state index contributed by atoms with van der Waals surface area (Å²) in [6, 6.07) is 27.9. The van der Waals surface area contributed by atoms with E-state index in [4.69, 9.17) is 13.7 Å². The highest BCUT2D eigenvalue weighted by Gasteiger charge is 2.25. The number of amides is 1. The Morgan fingerprint density at radius 1 is 0.786 bits per heavy atom. The largest absolute Gasteiger partial charge is 0.489 e. The number of aryl methyl sites for hydroxylation is 3. The molecular weight excluding hydrogens is 723 g/mol. The monoisotopic (exact) mass is 775 g/mol. The Hall–Kier alpha value is -5.42. The number of rotatable bonds is 20. The van der Waals surface area contributed by atoms with Crippen molar-refractivity contribution in [3.05, 3.63) is 119 Å². The van der Waals surface area contributed by atoms with Crippen molar-refractivity contribution in [1.82, 2.24) is 19.8 Å². The van der Waals surface area contributed by atoms with E-state index >= 15 is 0 Å². The molecule has 0 saturated heterocycles. The number of H-pyrrole nitrogens is 1. The van der Waals surface area contributed by atoms with Crippen LogP contribution in [0.4, 0.5) is 5.69 Å². The van der Waals surface area contributed by atoms with Gasteiger partial charge >= 0.3 is 0 Å². The first-order valence-electron chi connectivity index (χ1n) is 19.7. The van der Waals surface area contributed by atoms with Gasteiger partial charge in [-0.25, -0.2) is 8.72 Å². The highest BCUT2D eigenvalue weighted by Crippen LogP contribution is 2.34. The van der Waals surface area contributed by atoms with Crippen molar-refractivity contribution in [3.8, 4) is 28.6 Å². The number of hydrogen-bond acceptors (Lipinski definition) is 7. The first-order chi connectivity index (χ1) is 27.2. The topological polar surface area (TPSA) is 120 Å². The summed E-state index contributed by atoms with van der Waals surface area (Å²) in [7, 11) is 0. The molecule has 10 nitrogen and oxygen atoms in total. The lowest BCUT2D eigenvalue weighted by molar-refractivity contribution is -0.123. The van der Waals surface area contributed by atoms with Crippen LogP contribution in [0, 0.1) is 27.7 Å². The summed E-state index contributed by atoms with van der Waals surface area (Å²) in [5.74, 6) is 2.13. The Balaban J connectivity index is 1.12. The van der Waals surface area contributed by atoms with Gasteiger partial charge in [-0.2, -0.15) is 0 Å². The second kappa shape index (κ2) is 19.4. The lowest BCUT2D eigenvalue weighted by Gasteiger charge is -2.22. The Morgan fingerprint density at radius 2 is 1.45 bits per heavy atom. The van der Waals surface area contributed by atoms with E-state index in [2.05, 4.69) is 33.6 Å². The summed E-state index contributed by atoms with van der Waals surface area (Å²) in [4.78, 5) is 14.6. The zero-order valence-corrected chi connectivity index (χ0v) is 33.9. The molecule has 0 bridgehead atoms. The maximum atomic E-state index is 14.1. The zero-order chi connectivity index (χ0) is 39.4. The number of carbonyl (C=O) groups is 1. The number of benzene rings is 4. The number of hydrogen-bond donors (Lipinski definition) is 2. The maximum absolute atomic E-state index is 14.1. The maximum Gasteiger partial charge on any atom is 0.265 e. The molecule has 2 N–H and O–H groups in total. The molecule has 2 aromatic heterocycles. The van der Waals surface area contributed by atoms with Crippen LogP contribution >= 0.6 is 0 Å². The number of aromatic nitrogens is 4. The molecule has 6 rings (SSSR count). The highest BCUT2D eigenvalue weighted by molar-refractivity contribution is 7.80. The smallest absolute Gasteiger partial charge is 0.265 e. The second-order valence-corrected chi connectivity index (χ2v) is 15.5. The van der Waals surface area contributed by atoms with Crippen molar-refractivity contribution in [1.29, 1.82) is 0 Å². The first kappa shape index (κ1) is 40.2. The molecule has 2 heterocycles. The number of anilines is 1. The summed E-state index contributed by atoms with van der Waals surface area (Å²) in [5, 5.41) is 15.4. The molecule has 0 aliphatic heterocycles. The van der Waals surface area contributed by atoms with Gasteiger partial charge in [0.15, 0.2) is 17.6 Å². The van der Waals surface area contributed by atoms with Crippen LogP contribution in [0.1, 0.15) is 92.7 Å². The minimum absolute atomic E-state index is 0.219. The number of carbonyl (C=O) groups excluding carboxylic acids is 1. The molecule has 0 spiro atoms. The highest BCUT2D eigenvalue weighted by atomic mass is 32.2. The summed E-state index contributed by atoms with van der Waals surface area (Å²) in [5.41, 5.74) is 7.34. The van der Waals surface area contributed by atoms with Gasteiger partial charge in [0.05, 0.1) is 4.90 Å². The molecule has 11 heteroatoms. The number of nitrogens with zero attached hydrogens (tertiary/aromatic N) is 3. The minimum atomic E-state index is -1.76. The summed E-state index contributed by atoms with van der Waals surface area (Å²) >= 11 is -1.76. The van der Waals surface area contributed by atoms with Crippen molar-refractivity contribution in [2.45, 2.75) is 110 Å². The predicted octanol–water partition coefficient (Wildman–Crippen LogP) is 10.6. The van der Waals surface area contributed by atoms with Crippen molar-refractivity contribution >= 4 is 28.3 Å². The van der Waals surface area contributed by atoms with E-state index in [1.165, 1.54) is 32.1 Å². The predicted molar refractivity (Wildman–Crippen MR) is 223 cm³/mol. The average molecular weight is 776 g/mol. The zero-order valence-electron chi connectivity index (χ0n) is 33.1. The van der Waals surface area contributed by atoms with E-state index in [9.17, 15) is 9.00 Å². The van der Waals surface area contributed by atoms with Crippen LogP contribution in [0.25, 0.3) is 17.0 Å². The normalized spacial score (nSPS) is 12.4. The van der Waals surface area contributed by atoms with E-state index in [0.717, 1.165) is 64.1 Å². The van der Waals surface area contributed by atoms with E-state index in [1.807, 2.05) is 68.6 Å². The van der Waals surface area contributed by atoms with Crippen molar-refractivity contribution in [3.63, 3.8) is 0 Å². The number of ether oxygens (including phenoxy) is 2. The molecule has 0 aliphatic carbocycles. The van der Waals surface area contributed by atoms with Gasteiger partial charge in [0, 0.05) is 23.0 Å². The quantitative estimate of drug-likeness (QED) is 0.0741. The number of aromatic amines is 1. The Labute approximate surface area is 332 Å². The van der Waals surface area contributed by atoms with Crippen LogP contribution in [-0.4, -0.2) is 36.0 Å². The second-order valence-electron chi connectivity index (χ2n) is 14.4. The molecule has 0 saturated carbocycles. The average Bonchev–Trinajstić information content (AvgIpc) is 3.76. The standard InChI is InChI=1S/C45H53N5O5S/c1-6-7-8-9-10-11-12-16-19-40(45(51)46-43-32(3)28-31(2)42(34(43)5)44-48-47-41-29-33(4)49-50(41)44)54-37-24-26-39(27-25-37)56(52)55-38-22-20-36(21-23-38)53-30-35-17-14-13-15-18-35/h13-15,17-18,20-29,40,49H,6-12,16,19,30H2,1-5H3,(H,46,51). The molecule has 6 aromatic rings. The summed E-state index contributed by atoms with van der Waals surface area (Å²) in [6.07, 6.45) is 9.07. The van der Waals surface area contributed by atoms with Gasteiger partial charge in [-0.05, 0) is 111 Å². The van der Waals surface area contributed by atoms with Crippen molar-refractivity contribution in [2.75, 3.05) is 5.32 Å². The van der Waals surface area contributed by atoms with Gasteiger partial charge in [0.1, 0.15) is 23.9 Å². The molecule has 4 aromatic carbocycles. The fraction of sp³-hybridized carbons (Fsp3) is 0.356. The van der Waals surface area contributed by atoms with Crippen molar-refractivity contribution < 1.29 is 22.7 Å². The van der Waals surface area contributed by atoms with Crippen LogP contribution in [0.2, 0.25) is 0 Å². The molecule has 294 valence electrons. The van der Waals surface area contributed by atoms with Gasteiger partial charge < -0.3 is 19.0 Å².